The fourth-order valence-electron chi connectivity index (χ4n) is 2.22. The lowest BCUT2D eigenvalue weighted by atomic mass is 9.89. The first-order chi connectivity index (χ1) is 9.96. The third-order valence-corrected chi connectivity index (χ3v) is 3.97. The normalized spacial score (nSPS) is 15.7. The van der Waals surface area contributed by atoms with Crippen molar-refractivity contribution in [2.75, 3.05) is 5.32 Å². The Balaban J connectivity index is 2.41. The smallest absolute Gasteiger partial charge is 0.225 e. The molecule has 0 aromatic carbocycles. The zero-order chi connectivity index (χ0) is 15.5. The molecule has 5 nitrogen and oxygen atoms in total. The van der Waals surface area contributed by atoms with Gasteiger partial charge in [0.25, 0.3) is 0 Å². The molecule has 2 aromatic rings. The summed E-state index contributed by atoms with van der Waals surface area (Å²) in [6, 6.07) is 3.65. The van der Waals surface area contributed by atoms with Crippen molar-refractivity contribution in [2.45, 2.75) is 51.7 Å². The van der Waals surface area contributed by atoms with Crippen LogP contribution in [0.25, 0.3) is 11.0 Å². The molecule has 2 unspecified atom stereocenters. The number of halogens is 1. The molecule has 21 heavy (non-hydrogen) atoms. The molecule has 0 amide bonds. The molecule has 0 saturated heterocycles. The molecule has 0 spiro atoms. The number of aromatic nitrogens is 3. The molecule has 2 heterocycles. The number of rotatable bonds is 6. The van der Waals surface area contributed by atoms with Gasteiger partial charge in [-0.05, 0) is 44.0 Å². The van der Waals surface area contributed by atoms with Gasteiger partial charge in [-0.1, -0.05) is 19.8 Å². The molecule has 0 radical (unpaired) electrons. The van der Waals surface area contributed by atoms with Crippen LogP contribution >= 0.6 is 11.6 Å². The number of aliphatic hydroxyl groups excluding tert-OH is 1. The van der Waals surface area contributed by atoms with Crippen molar-refractivity contribution in [1.82, 2.24) is 15.0 Å². The molecule has 0 aliphatic rings. The number of anilines is 1. The van der Waals surface area contributed by atoms with Crippen LogP contribution in [0.4, 0.5) is 5.82 Å². The summed E-state index contributed by atoms with van der Waals surface area (Å²) in [6.07, 6.45) is 4.07. The van der Waals surface area contributed by atoms with Gasteiger partial charge in [-0.3, -0.25) is 4.98 Å². The Hall–Kier alpha value is -1.46. The number of unbranched alkanes of at least 4 members (excludes halogenated alkanes) is 1. The Morgan fingerprint density at radius 1 is 1.43 bits per heavy atom. The Morgan fingerprint density at radius 3 is 2.86 bits per heavy atom. The number of hydrogen-bond acceptors (Lipinski definition) is 5. The van der Waals surface area contributed by atoms with Crippen LogP contribution in [0.15, 0.2) is 18.3 Å². The van der Waals surface area contributed by atoms with Gasteiger partial charge >= 0.3 is 0 Å². The van der Waals surface area contributed by atoms with E-state index in [1.807, 2.05) is 13.0 Å². The second-order valence-electron chi connectivity index (χ2n) is 5.53. The van der Waals surface area contributed by atoms with E-state index in [0.29, 0.717) is 16.9 Å². The molecule has 6 heteroatoms. The van der Waals surface area contributed by atoms with Crippen LogP contribution in [0.5, 0.6) is 0 Å². The molecule has 2 atom stereocenters. The molecule has 114 valence electrons. The minimum absolute atomic E-state index is 0.168. The lowest BCUT2D eigenvalue weighted by Gasteiger charge is -2.34. The zero-order valence-corrected chi connectivity index (χ0v) is 13.4. The number of hydrogen-bond donors (Lipinski definition) is 2. The Kier molecular flexibility index (Phi) is 4.96. The number of fused-ring (bicyclic) bond motifs is 1. The third-order valence-electron chi connectivity index (χ3n) is 3.80. The number of pyridine rings is 1. The van der Waals surface area contributed by atoms with Crippen LogP contribution in [-0.4, -0.2) is 31.7 Å². The summed E-state index contributed by atoms with van der Waals surface area (Å²) in [4.78, 5) is 12.7. The van der Waals surface area contributed by atoms with Crippen molar-refractivity contribution in [3.8, 4) is 0 Å². The van der Waals surface area contributed by atoms with Crippen LogP contribution in [-0.2, 0) is 0 Å². The summed E-state index contributed by atoms with van der Waals surface area (Å²) in [5, 5.41) is 13.6. The van der Waals surface area contributed by atoms with E-state index in [1.165, 1.54) is 0 Å². The number of nitrogens with zero attached hydrogens (tertiary/aromatic N) is 3. The van der Waals surface area contributed by atoms with Crippen LogP contribution in [0.3, 0.4) is 0 Å². The molecule has 0 fully saturated rings. The summed E-state index contributed by atoms with van der Waals surface area (Å²) < 4.78 is 0. The van der Waals surface area contributed by atoms with Gasteiger partial charge in [0.05, 0.1) is 17.2 Å². The van der Waals surface area contributed by atoms with Gasteiger partial charge in [0.15, 0.2) is 5.82 Å². The van der Waals surface area contributed by atoms with Crippen molar-refractivity contribution < 1.29 is 5.11 Å². The zero-order valence-electron chi connectivity index (χ0n) is 12.6. The number of nitrogens with one attached hydrogen (secondary N) is 1. The first-order valence-electron chi connectivity index (χ1n) is 7.21. The largest absolute Gasteiger partial charge is 0.391 e. The van der Waals surface area contributed by atoms with Gasteiger partial charge < -0.3 is 10.4 Å². The van der Waals surface area contributed by atoms with Crippen molar-refractivity contribution in [3.63, 3.8) is 0 Å². The quantitative estimate of drug-likeness (QED) is 0.800. The Morgan fingerprint density at radius 2 is 2.19 bits per heavy atom. The molecule has 0 aliphatic carbocycles. The molecule has 0 bridgehead atoms. The fraction of sp³-hybridized carbons (Fsp3) is 0.533. The van der Waals surface area contributed by atoms with Crippen LogP contribution < -0.4 is 5.32 Å². The lowest BCUT2D eigenvalue weighted by Crippen LogP contribution is -2.45. The standard InChI is InChI=1S/C15H21ClN4O/c1-4-5-8-15(3,10(2)21)20-13-12-11(7-6-9-17-12)18-14(16)19-13/h6-7,9-10,21H,4-5,8H2,1-3H3,(H,18,19,20). The summed E-state index contributed by atoms with van der Waals surface area (Å²) in [5.74, 6) is 0.560. The van der Waals surface area contributed by atoms with E-state index < -0.39 is 11.6 Å². The maximum atomic E-state index is 10.1. The topological polar surface area (TPSA) is 70.9 Å². The highest BCUT2D eigenvalue weighted by Crippen LogP contribution is 2.27. The van der Waals surface area contributed by atoms with Crippen molar-refractivity contribution in [3.05, 3.63) is 23.6 Å². The summed E-state index contributed by atoms with van der Waals surface area (Å²) >= 11 is 5.98. The van der Waals surface area contributed by atoms with Crippen molar-refractivity contribution >= 4 is 28.5 Å². The average Bonchev–Trinajstić information content (AvgIpc) is 2.44. The van der Waals surface area contributed by atoms with Crippen molar-refractivity contribution in [1.29, 1.82) is 0 Å². The van der Waals surface area contributed by atoms with E-state index in [9.17, 15) is 5.11 Å². The predicted molar refractivity (Wildman–Crippen MR) is 85.6 cm³/mol. The summed E-state index contributed by atoms with van der Waals surface area (Å²) in [7, 11) is 0. The van der Waals surface area contributed by atoms with Gasteiger partial charge in [-0.15, -0.1) is 0 Å². The molecule has 2 aromatic heterocycles. The lowest BCUT2D eigenvalue weighted by molar-refractivity contribution is 0.116. The fourth-order valence-corrected chi connectivity index (χ4v) is 2.39. The average molecular weight is 309 g/mol. The van der Waals surface area contributed by atoms with E-state index in [2.05, 4.69) is 27.2 Å². The summed E-state index contributed by atoms with van der Waals surface area (Å²) in [5.41, 5.74) is 0.853. The van der Waals surface area contributed by atoms with Gasteiger partial charge in [0, 0.05) is 6.20 Å². The second kappa shape index (κ2) is 6.54. The third kappa shape index (κ3) is 3.60. The highest BCUT2D eigenvalue weighted by Gasteiger charge is 2.30. The minimum Gasteiger partial charge on any atom is -0.391 e. The van der Waals surface area contributed by atoms with E-state index in [4.69, 9.17) is 11.6 Å². The first-order valence-corrected chi connectivity index (χ1v) is 7.58. The van der Waals surface area contributed by atoms with Gasteiger partial charge in [-0.2, -0.15) is 4.98 Å². The highest BCUT2D eigenvalue weighted by molar-refractivity contribution is 6.28. The molecular weight excluding hydrogens is 288 g/mol. The minimum atomic E-state index is -0.531. The van der Waals surface area contributed by atoms with E-state index in [-0.39, 0.29) is 5.28 Å². The van der Waals surface area contributed by atoms with E-state index in [0.717, 1.165) is 19.3 Å². The van der Waals surface area contributed by atoms with Crippen LogP contribution in [0.2, 0.25) is 5.28 Å². The monoisotopic (exact) mass is 308 g/mol. The SMILES string of the molecule is CCCCC(C)(Nc1nc(Cl)nc2cccnc12)C(C)O. The maximum absolute atomic E-state index is 10.1. The van der Waals surface area contributed by atoms with Crippen molar-refractivity contribution in [2.24, 2.45) is 0 Å². The Bertz CT molecular complexity index is 620. The Labute approximate surface area is 129 Å². The highest BCUT2D eigenvalue weighted by atomic mass is 35.5. The molecule has 0 saturated carbocycles. The molecule has 0 aliphatic heterocycles. The predicted octanol–water partition coefficient (Wildman–Crippen LogP) is 3.42. The number of aliphatic hydroxyl groups is 1. The molecule has 2 N–H and O–H groups in total. The van der Waals surface area contributed by atoms with Gasteiger partial charge in [0.2, 0.25) is 5.28 Å². The van der Waals surface area contributed by atoms with Gasteiger partial charge in [-0.25, -0.2) is 4.98 Å². The van der Waals surface area contributed by atoms with Gasteiger partial charge in [0.1, 0.15) is 5.52 Å². The van der Waals surface area contributed by atoms with Crippen LogP contribution in [0.1, 0.15) is 40.0 Å². The summed E-state index contributed by atoms with van der Waals surface area (Å²) in [6.45, 7) is 5.89. The molecule has 2 rings (SSSR count). The first kappa shape index (κ1) is 15.9. The maximum Gasteiger partial charge on any atom is 0.225 e. The molecular formula is C15H21ClN4O. The van der Waals surface area contributed by atoms with E-state index in [1.54, 1.807) is 19.2 Å². The second-order valence-corrected chi connectivity index (χ2v) is 5.87. The van der Waals surface area contributed by atoms with E-state index >= 15 is 0 Å². The van der Waals surface area contributed by atoms with Crippen LogP contribution in [0, 0.1) is 0 Å².